The molecule has 4 rings (SSSR count). The van der Waals surface area contributed by atoms with Gasteiger partial charge in [-0.3, -0.25) is 4.79 Å². The van der Waals surface area contributed by atoms with Crippen molar-refractivity contribution in [1.82, 2.24) is 14.3 Å². The molecule has 0 spiro atoms. The first-order chi connectivity index (χ1) is 19.3. The predicted molar refractivity (Wildman–Crippen MR) is 164 cm³/mol. The van der Waals surface area contributed by atoms with Crippen molar-refractivity contribution in [2.75, 3.05) is 17.2 Å². The highest BCUT2D eigenvalue weighted by molar-refractivity contribution is 9.10. The fraction of sp³-hybridized carbons (Fsp3) is 0.286. The molecular formula is C28H29BrClF2N5O3S. The number of benzene rings is 3. The van der Waals surface area contributed by atoms with Crippen LogP contribution in [0.2, 0.25) is 5.02 Å². The van der Waals surface area contributed by atoms with E-state index in [0.29, 0.717) is 39.9 Å². The van der Waals surface area contributed by atoms with Crippen molar-refractivity contribution in [2.24, 2.45) is 7.05 Å². The standard InChI is InChI=1S/C28H29BrClF2N5O3S/c1-28(2,3)41(39)33-14-16-5-10-20(30)21(11-16)35-27-36-22-12-19(26(38)34-18-8-6-17(29)7-9-18)24(40-15-25(31)32)13-23(22)37(27)4/h5-13,25,33H,14-15H2,1-4H3,(H,34,38)(H,35,36). The van der Waals surface area contributed by atoms with Crippen LogP contribution >= 0.6 is 27.5 Å². The van der Waals surface area contributed by atoms with Crippen LogP contribution in [0.4, 0.5) is 26.1 Å². The van der Waals surface area contributed by atoms with E-state index in [0.717, 1.165) is 10.0 Å². The number of fused-ring (bicyclic) bond motifs is 1. The summed E-state index contributed by atoms with van der Waals surface area (Å²) < 4.78 is 48.9. The smallest absolute Gasteiger partial charge is 0.272 e. The molecule has 0 aliphatic carbocycles. The van der Waals surface area contributed by atoms with Crippen LogP contribution in [0, 0.1) is 0 Å². The third-order valence-corrected chi connectivity index (χ3v) is 8.31. The normalized spacial score (nSPS) is 12.5. The van der Waals surface area contributed by atoms with Gasteiger partial charge in [0.2, 0.25) is 5.95 Å². The van der Waals surface area contributed by atoms with Crippen LogP contribution in [0.1, 0.15) is 36.7 Å². The number of rotatable bonds is 10. The van der Waals surface area contributed by atoms with Gasteiger partial charge in [0, 0.05) is 29.8 Å². The Hall–Kier alpha value is -3.06. The Balaban J connectivity index is 1.64. The molecule has 1 heterocycles. The maximum atomic E-state index is 13.2. The number of imidazole rings is 1. The van der Waals surface area contributed by atoms with E-state index in [4.69, 9.17) is 16.3 Å². The number of nitrogens with zero attached hydrogens (tertiary/aromatic N) is 2. The van der Waals surface area contributed by atoms with Gasteiger partial charge < -0.3 is 19.9 Å². The first-order valence-electron chi connectivity index (χ1n) is 12.5. The number of aryl methyl sites for hydroxylation is 1. The van der Waals surface area contributed by atoms with Gasteiger partial charge in [-0.1, -0.05) is 33.6 Å². The molecule has 41 heavy (non-hydrogen) atoms. The maximum Gasteiger partial charge on any atom is 0.272 e. The molecule has 4 aromatic rings. The largest absolute Gasteiger partial charge is 0.487 e. The second-order valence-corrected chi connectivity index (χ2v) is 13.5. The molecule has 3 aromatic carbocycles. The summed E-state index contributed by atoms with van der Waals surface area (Å²) in [5, 5.41) is 6.40. The van der Waals surface area contributed by atoms with E-state index in [1.165, 1.54) is 12.1 Å². The van der Waals surface area contributed by atoms with Gasteiger partial charge in [0.1, 0.15) is 12.4 Å². The summed E-state index contributed by atoms with van der Waals surface area (Å²) in [6, 6.07) is 15.3. The van der Waals surface area contributed by atoms with Crippen molar-refractivity contribution in [2.45, 2.75) is 38.5 Å². The number of anilines is 3. The number of aromatic nitrogens is 2. The number of amides is 1. The molecule has 1 amide bonds. The predicted octanol–water partition coefficient (Wildman–Crippen LogP) is 7.18. The monoisotopic (exact) mass is 667 g/mol. The zero-order valence-corrected chi connectivity index (χ0v) is 25.9. The molecule has 0 aliphatic heterocycles. The van der Waals surface area contributed by atoms with E-state index in [-0.39, 0.29) is 11.3 Å². The van der Waals surface area contributed by atoms with E-state index in [1.54, 1.807) is 41.9 Å². The van der Waals surface area contributed by atoms with Gasteiger partial charge >= 0.3 is 0 Å². The molecule has 0 radical (unpaired) electrons. The fourth-order valence-electron chi connectivity index (χ4n) is 3.78. The number of carbonyl (C=O) groups is 1. The molecule has 0 saturated carbocycles. The van der Waals surface area contributed by atoms with Crippen LogP contribution in [0.25, 0.3) is 11.0 Å². The lowest BCUT2D eigenvalue weighted by atomic mass is 10.1. The van der Waals surface area contributed by atoms with E-state index in [1.807, 2.05) is 32.9 Å². The van der Waals surface area contributed by atoms with E-state index in [2.05, 4.69) is 36.3 Å². The summed E-state index contributed by atoms with van der Waals surface area (Å²) in [7, 11) is 0.495. The SMILES string of the molecule is Cn1c(Nc2cc(CNS(=O)C(C)(C)C)ccc2Cl)nc2cc(C(=O)Nc3ccc(Br)cc3)c(OCC(F)F)cc21. The molecule has 0 aliphatic rings. The summed E-state index contributed by atoms with van der Waals surface area (Å²) >= 11 is 9.80. The molecule has 0 bridgehead atoms. The number of carbonyl (C=O) groups excluding carboxylic acids is 1. The minimum atomic E-state index is -2.72. The Morgan fingerprint density at radius 1 is 1.15 bits per heavy atom. The first-order valence-corrected chi connectivity index (χ1v) is 14.8. The molecule has 1 aromatic heterocycles. The first kappa shape index (κ1) is 30.9. The third kappa shape index (κ3) is 7.82. The fourth-order valence-corrected chi connectivity index (χ4v) is 4.94. The van der Waals surface area contributed by atoms with E-state index in [9.17, 15) is 17.8 Å². The quantitative estimate of drug-likeness (QED) is 0.166. The number of nitrogens with one attached hydrogen (secondary N) is 3. The minimum absolute atomic E-state index is 0.0000790. The molecule has 8 nitrogen and oxygen atoms in total. The van der Waals surface area contributed by atoms with Gasteiger partial charge in [-0.15, -0.1) is 0 Å². The van der Waals surface area contributed by atoms with Crippen LogP contribution in [-0.2, 0) is 24.6 Å². The van der Waals surface area contributed by atoms with Crippen LogP contribution < -0.4 is 20.1 Å². The zero-order valence-electron chi connectivity index (χ0n) is 22.7. The van der Waals surface area contributed by atoms with Gasteiger partial charge in [0.15, 0.2) is 0 Å². The van der Waals surface area contributed by atoms with Crippen molar-refractivity contribution >= 4 is 72.8 Å². The highest BCUT2D eigenvalue weighted by atomic mass is 79.9. The lowest BCUT2D eigenvalue weighted by molar-refractivity contribution is 0.0804. The van der Waals surface area contributed by atoms with Crippen molar-refractivity contribution in [3.8, 4) is 5.75 Å². The van der Waals surface area contributed by atoms with Crippen LogP contribution in [0.3, 0.4) is 0 Å². The summed E-state index contributed by atoms with van der Waals surface area (Å²) in [6.45, 7) is 5.15. The number of hydrogen-bond acceptors (Lipinski definition) is 5. The van der Waals surface area contributed by atoms with Gasteiger partial charge in [0.05, 0.1) is 43.0 Å². The summed E-state index contributed by atoms with van der Waals surface area (Å²) in [6.07, 6.45) is -2.72. The maximum absolute atomic E-state index is 13.2. The van der Waals surface area contributed by atoms with Crippen molar-refractivity contribution in [1.29, 1.82) is 0 Å². The average Bonchev–Trinajstić information content (AvgIpc) is 3.21. The molecule has 0 saturated heterocycles. The molecule has 218 valence electrons. The number of alkyl halides is 2. The Morgan fingerprint density at radius 2 is 1.85 bits per heavy atom. The van der Waals surface area contributed by atoms with Gasteiger partial charge in [-0.2, -0.15) is 0 Å². The molecule has 1 atom stereocenters. The summed E-state index contributed by atoms with van der Waals surface area (Å²) in [5.74, 6) is -0.134. The molecular weight excluding hydrogens is 640 g/mol. The average molecular weight is 669 g/mol. The molecule has 1 unspecified atom stereocenters. The Kier molecular flexibility index (Phi) is 9.68. The number of hydrogen-bond donors (Lipinski definition) is 3. The van der Waals surface area contributed by atoms with Gasteiger partial charge in [-0.05, 0) is 68.8 Å². The van der Waals surface area contributed by atoms with Gasteiger partial charge in [0.25, 0.3) is 12.3 Å². The van der Waals surface area contributed by atoms with Crippen molar-refractivity contribution < 1.29 is 22.5 Å². The highest BCUT2D eigenvalue weighted by Gasteiger charge is 2.21. The van der Waals surface area contributed by atoms with Crippen LogP contribution in [-0.4, -0.2) is 37.4 Å². The van der Waals surface area contributed by atoms with E-state index < -0.39 is 34.7 Å². The van der Waals surface area contributed by atoms with Crippen molar-refractivity contribution in [3.63, 3.8) is 0 Å². The second kappa shape index (κ2) is 12.8. The summed E-state index contributed by atoms with van der Waals surface area (Å²) in [4.78, 5) is 17.8. The number of ether oxygens (including phenoxy) is 1. The van der Waals surface area contributed by atoms with Crippen LogP contribution in [0.15, 0.2) is 59.1 Å². The number of halogens is 4. The lowest BCUT2D eigenvalue weighted by Gasteiger charge is -2.18. The van der Waals surface area contributed by atoms with Gasteiger partial charge in [-0.25, -0.2) is 22.7 Å². The highest BCUT2D eigenvalue weighted by Crippen LogP contribution is 2.32. The zero-order chi connectivity index (χ0) is 29.9. The molecule has 3 N–H and O–H groups in total. The van der Waals surface area contributed by atoms with Crippen LogP contribution in [0.5, 0.6) is 5.75 Å². The Bertz CT molecular complexity index is 1590. The third-order valence-electron chi connectivity index (χ3n) is 5.93. The summed E-state index contributed by atoms with van der Waals surface area (Å²) in [5.41, 5.74) is 2.98. The Labute approximate surface area is 252 Å². The lowest BCUT2D eigenvalue weighted by Crippen LogP contribution is -2.32. The molecule has 13 heteroatoms. The Morgan fingerprint density at radius 3 is 2.51 bits per heavy atom. The van der Waals surface area contributed by atoms with Crippen molar-refractivity contribution in [3.05, 3.63) is 75.2 Å². The van der Waals surface area contributed by atoms with E-state index >= 15 is 0 Å². The minimum Gasteiger partial charge on any atom is -0.487 e. The second-order valence-electron chi connectivity index (χ2n) is 10.1. The topological polar surface area (TPSA) is 97.3 Å². The molecule has 0 fully saturated rings.